The number of hydrogen-bond acceptors (Lipinski definition) is 2. The van der Waals surface area contributed by atoms with E-state index in [1.807, 2.05) is 31.2 Å². The fourth-order valence-electron chi connectivity index (χ4n) is 3.38. The molecule has 4 heteroatoms. The molecule has 3 nitrogen and oxygen atoms in total. The number of aromatic nitrogens is 2. The predicted octanol–water partition coefficient (Wildman–Crippen LogP) is 4.89. The molecule has 0 saturated carbocycles. The fourth-order valence-corrected chi connectivity index (χ4v) is 3.38. The maximum absolute atomic E-state index is 13.1. The number of benzene rings is 3. The van der Waals surface area contributed by atoms with Crippen LogP contribution in [-0.4, -0.2) is 16.9 Å². The van der Waals surface area contributed by atoms with E-state index >= 15 is 0 Å². The van der Waals surface area contributed by atoms with E-state index in [0.29, 0.717) is 0 Å². The van der Waals surface area contributed by atoms with E-state index in [9.17, 15) is 4.39 Å². The maximum atomic E-state index is 13.1. The lowest BCUT2D eigenvalue weighted by Gasteiger charge is -2.10. The first-order valence-electron chi connectivity index (χ1n) is 8.34. The fraction of sp³-hybridized carbons (Fsp3) is 0.190. The minimum absolute atomic E-state index is 0.206. The van der Waals surface area contributed by atoms with Crippen LogP contribution >= 0.6 is 0 Å². The second kappa shape index (κ2) is 6.20. The average molecular weight is 334 g/mol. The smallest absolute Gasteiger partial charge is 0.127 e. The third-order valence-electron chi connectivity index (χ3n) is 4.64. The Hall–Kier alpha value is -2.88. The molecule has 0 fully saturated rings. The molecule has 0 unspecified atom stereocenters. The lowest BCUT2D eigenvalue weighted by atomic mass is 10.0. The summed E-state index contributed by atoms with van der Waals surface area (Å²) in [5.74, 6) is 0.659. The highest BCUT2D eigenvalue weighted by Crippen LogP contribution is 2.34. The van der Waals surface area contributed by atoms with Gasteiger partial charge in [-0.2, -0.15) is 5.10 Å². The standard InChI is InChI=1S/C21H19FN2O/c1-14-19-13-20(25-2)17-5-3-4-6-18(17)21(19)24(23-14)12-11-15-7-9-16(22)10-8-15/h3-10,13H,11-12H2,1-2H3. The van der Waals surface area contributed by atoms with Crippen LogP contribution in [0.25, 0.3) is 21.7 Å². The van der Waals surface area contributed by atoms with E-state index in [-0.39, 0.29) is 5.82 Å². The third-order valence-corrected chi connectivity index (χ3v) is 4.64. The normalized spacial score (nSPS) is 11.3. The number of fused-ring (bicyclic) bond motifs is 3. The second-order valence-electron chi connectivity index (χ2n) is 6.21. The SMILES string of the molecule is COc1cc2c(C)nn(CCc3ccc(F)cc3)c2c2ccccc12. The molecule has 0 aliphatic heterocycles. The summed E-state index contributed by atoms with van der Waals surface area (Å²) in [5.41, 5.74) is 3.20. The van der Waals surface area contributed by atoms with Gasteiger partial charge < -0.3 is 4.74 Å². The molecular weight excluding hydrogens is 315 g/mol. The van der Waals surface area contributed by atoms with Crippen molar-refractivity contribution in [1.29, 1.82) is 0 Å². The van der Waals surface area contributed by atoms with E-state index in [0.717, 1.165) is 51.6 Å². The van der Waals surface area contributed by atoms with Crippen LogP contribution < -0.4 is 4.74 Å². The zero-order chi connectivity index (χ0) is 17.4. The van der Waals surface area contributed by atoms with Gasteiger partial charge in [-0.3, -0.25) is 4.68 Å². The van der Waals surface area contributed by atoms with Crippen LogP contribution in [0.3, 0.4) is 0 Å². The van der Waals surface area contributed by atoms with E-state index in [1.54, 1.807) is 7.11 Å². The molecule has 0 radical (unpaired) electrons. The first kappa shape index (κ1) is 15.6. The van der Waals surface area contributed by atoms with Gasteiger partial charge in [-0.05, 0) is 37.1 Å². The molecule has 0 N–H and O–H groups in total. The zero-order valence-electron chi connectivity index (χ0n) is 14.3. The van der Waals surface area contributed by atoms with Crippen LogP contribution in [0.4, 0.5) is 4.39 Å². The van der Waals surface area contributed by atoms with Crippen molar-refractivity contribution in [3.8, 4) is 5.75 Å². The Morgan fingerprint density at radius 1 is 1.00 bits per heavy atom. The number of halogens is 1. The average Bonchev–Trinajstić information content (AvgIpc) is 2.96. The maximum Gasteiger partial charge on any atom is 0.127 e. The molecule has 4 aromatic rings. The Balaban J connectivity index is 1.81. The number of methoxy groups -OCH3 is 1. The summed E-state index contributed by atoms with van der Waals surface area (Å²) < 4.78 is 20.7. The number of rotatable bonds is 4. The number of aryl methyl sites for hydroxylation is 3. The number of nitrogens with zero attached hydrogens (tertiary/aromatic N) is 2. The van der Waals surface area contributed by atoms with Gasteiger partial charge in [0.15, 0.2) is 0 Å². The van der Waals surface area contributed by atoms with Gasteiger partial charge in [0.25, 0.3) is 0 Å². The summed E-state index contributed by atoms with van der Waals surface area (Å²) in [6.07, 6.45) is 0.802. The molecule has 3 aromatic carbocycles. The highest BCUT2D eigenvalue weighted by atomic mass is 19.1. The van der Waals surface area contributed by atoms with Crippen molar-refractivity contribution in [2.45, 2.75) is 19.9 Å². The Labute approximate surface area is 145 Å². The van der Waals surface area contributed by atoms with Crippen LogP contribution in [0.15, 0.2) is 54.6 Å². The lowest BCUT2D eigenvalue weighted by Crippen LogP contribution is -2.04. The van der Waals surface area contributed by atoms with E-state index in [1.165, 1.54) is 12.1 Å². The lowest BCUT2D eigenvalue weighted by molar-refractivity contribution is 0.420. The summed E-state index contributed by atoms with van der Waals surface area (Å²) in [6, 6.07) is 17.0. The summed E-state index contributed by atoms with van der Waals surface area (Å²) in [5, 5.41) is 8.06. The summed E-state index contributed by atoms with van der Waals surface area (Å²) in [4.78, 5) is 0. The van der Waals surface area contributed by atoms with Gasteiger partial charge in [-0.15, -0.1) is 0 Å². The van der Waals surface area contributed by atoms with Crippen molar-refractivity contribution in [3.63, 3.8) is 0 Å². The highest BCUT2D eigenvalue weighted by Gasteiger charge is 2.14. The molecule has 0 spiro atoms. The summed E-state index contributed by atoms with van der Waals surface area (Å²) >= 11 is 0. The van der Waals surface area contributed by atoms with E-state index in [4.69, 9.17) is 9.84 Å². The van der Waals surface area contributed by atoms with Crippen molar-refractivity contribution in [3.05, 3.63) is 71.7 Å². The molecule has 25 heavy (non-hydrogen) atoms. The van der Waals surface area contributed by atoms with Gasteiger partial charge in [0.2, 0.25) is 0 Å². The van der Waals surface area contributed by atoms with Gasteiger partial charge in [0.1, 0.15) is 11.6 Å². The largest absolute Gasteiger partial charge is 0.496 e. The topological polar surface area (TPSA) is 27.1 Å². The van der Waals surface area contributed by atoms with Crippen molar-refractivity contribution in [2.75, 3.05) is 7.11 Å². The van der Waals surface area contributed by atoms with Gasteiger partial charge in [-0.25, -0.2) is 4.39 Å². The Morgan fingerprint density at radius 3 is 2.44 bits per heavy atom. The quantitative estimate of drug-likeness (QED) is 0.531. The first-order chi connectivity index (χ1) is 12.2. The van der Waals surface area contributed by atoms with Crippen LogP contribution in [0, 0.1) is 12.7 Å². The summed E-state index contributed by atoms with van der Waals surface area (Å²) in [7, 11) is 1.70. The number of ether oxygens (including phenoxy) is 1. The van der Waals surface area contributed by atoms with Gasteiger partial charge in [0.05, 0.1) is 18.3 Å². The highest BCUT2D eigenvalue weighted by molar-refractivity contribution is 6.09. The molecule has 4 rings (SSSR count). The zero-order valence-corrected chi connectivity index (χ0v) is 14.3. The molecule has 0 amide bonds. The molecule has 0 bridgehead atoms. The monoisotopic (exact) mass is 334 g/mol. The molecule has 1 heterocycles. The molecule has 0 aliphatic rings. The second-order valence-corrected chi connectivity index (χ2v) is 6.21. The van der Waals surface area contributed by atoms with Crippen molar-refractivity contribution in [2.24, 2.45) is 0 Å². The first-order valence-corrected chi connectivity index (χ1v) is 8.34. The van der Waals surface area contributed by atoms with Crippen molar-refractivity contribution < 1.29 is 9.13 Å². The van der Waals surface area contributed by atoms with E-state index in [2.05, 4.69) is 22.9 Å². The Bertz CT molecular complexity index is 1050. The number of hydrogen-bond donors (Lipinski definition) is 0. The minimum Gasteiger partial charge on any atom is -0.496 e. The van der Waals surface area contributed by atoms with Crippen LogP contribution in [0.2, 0.25) is 0 Å². The molecule has 126 valence electrons. The van der Waals surface area contributed by atoms with Gasteiger partial charge in [-0.1, -0.05) is 36.4 Å². The van der Waals surface area contributed by atoms with E-state index < -0.39 is 0 Å². The van der Waals surface area contributed by atoms with Crippen LogP contribution in [-0.2, 0) is 13.0 Å². The van der Waals surface area contributed by atoms with Gasteiger partial charge in [0, 0.05) is 22.7 Å². The van der Waals surface area contributed by atoms with Crippen LogP contribution in [0.1, 0.15) is 11.3 Å². The molecule has 0 atom stereocenters. The van der Waals surface area contributed by atoms with Crippen molar-refractivity contribution in [1.82, 2.24) is 9.78 Å². The molecular formula is C21H19FN2O. The molecule has 0 aliphatic carbocycles. The molecule has 0 saturated heterocycles. The third kappa shape index (κ3) is 2.74. The van der Waals surface area contributed by atoms with Gasteiger partial charge >= 0.3 is 0 Å². The predicted molar refractivity (Wildman–Crippen MR) is 98.6 cm³/mol. The summed E-state index contributed by atoms with van der Waals surface area (Å²) in [6.45, 7) is 2.76. The molecule has 1 aromatic heterocycles. The van der Waals surface area contributed by atoms with Crippen LogP contribution in [0.5, 0.6) is 5.75 Å². The Kier molecular flexibility index (Phi) is 3.88. The van der Waals surface area contributed by atoms with Crippen molar-refractivity contribution >= 4 is 21.7 Å². The minimum atomic E-state index is -0.206. The Morgan fingerprint density at radius 2 is 1.72 bits per heavy atom.